The summed E-state index contributed by atoms with van der Waals surface area (Å²) in [5.41, 5.74) is 0.943. The summed E-state index contributed by atoms with van der Waals surface area (Å²) >= 11 is 7.06. The fourth-order valence-corrected chi connectivity index (χ4v) is 2.63. The summed E-state index contributed by atoms with van der Waals surface area (Å²) in [6.07, 6.45) is 0. The molecule has 0 bridgehead atoms. The number of rotatable bonds is 1. The molecule has 1 heterocycles. The molecule has 0 aliphatic rings. The Hall–Kier alpha value is -0.230. The Morgan fingerprint density at radius 3 is 3.00 bits per heavy atom. The van der Waals surface area contributed by atoms with Gasteiger partial charge in [-0.25, -0.2) is 4.98 Å². The molecule has 0 saturated heterocycles. The minimum Gasteiger partial charge on any atom is -0.272 e. The van der Waals surface area contributed by atoms with Gasteiger partial charge in [0.2, 0.25) is 0 Å². The van der Waals surface area contributed by atoms with Gasteiger partial charge >= 0.3 is 0 Å². The molecule has 0 unspecified atom stereocenters. The lowest BCUT2D eigenvalue weighted by atomic mass is 10.3. The Bertz CT molecular complexity index is 410. The third kappa shape index (κ3) is 1.33. The van der Waals surface area contributed by atoms with Crippen LogP contribution >= 0.6 is 35.9 Å². The van der Waals surface area contributed by atoms with E-state index in [0.29, 0.717) is 0 Å². The zero-order chi connectivity index (χ0) is 8.55. The molecular weight excluding hydrogens is 208 g/mol. The highest BCUT2D eigenvalue weighted by molar-refractivity contribution is 7.99. The number of benzene rings is 1. The van der Waals surface area contributed by atoms with Crippen molar-refractivity contribution in [3.63, 3.8) is 0 Å². The van der Waals surface area contributed by atoms with Crippen LogP contribution in [0, 0.1) is 0 Å². The average Bonchev–Trinajstić information content (AvgIpc) is 2.49. The molecule has 1 aromatic carbocycles. The number of nitrogens with two attached hydrogens (primary N) is 1. The zero-order valence-electron chi connectivity index (χ0n) is 6.02. The van der Waals surface area contributed by atoms with E-state index in [9.17, 15) is 0 Å². The van der Waals surface area contributed by atoms with Crippen molar-refractivity contribution in [2.24, 2.45) is 5.14 Å². The second-order valence-electron chi connectivity index (χ2n) is 2.22. The lowest BCUT2D eigenvalue weighted by molar-refractivity contribution is 1.27. The van der Waals surface area contributed by atoms with Crippen molar-refractivity contribution in [2.75, 3.05) is 0 Å². The molecule has 0 aliphatic heterocycles. The Labute approximate surface area is 83.7 Å². The maximum Gasteiger partial charge on any atom is 0.165 e. The molecule has 2 rings (SSSR count). The first kappa shape index (κ1) is 8.37. The molecule has 0 aliphatic carbocycles. The van der Waals surface area contributed by atoms with Gasteiger partial charge in [0.05, 0.1) is 10.2 Å². The fourth-order valence-electron chi connectivity index (χ4n) is 0.964. The van der Waals surface area contributed by atoms with Crippen LogP contribution in [0.25, 0.3) is 10.2 Å². The number of hydrogen-bond donors (Lipinski definition) is 2. The second kappa shape index (κ2) is 3.26. The lowest BCUT2D eigenvalue weighted by Crippen LogP contribution is -1.76. The van der Waals surface area contributed by atoms with Crippen LogP contribution < -0.4 is 5.14 Å². The summed E-state index contributed by atoms with van der Waals surface area (Å²) in [4.78, 5) is 5.22. The predicted molar refractivity (Wildman–Crippen MR) is 56.9 cm³/mol. The highest BCUT2D eigenvalue weighted by Gasteiger charge is 2.04. The molecule has 2 N–H and O–H groups in total. The number of thiazole rings is 1. The van der Waals surface area contributed by atoms with Crippen molar-refractivity contribution < 1.29 is 0 Å². The molecule has 0 saturated carbocycles. The van der Waals surface area contributed by atoms with Gasteiger partial charge in [0.15, 0.2) is 4.34 Å². The quantitative estimate of drug-likeness (QED) is 0.566. The van der Waals surface area contributed by atoms with Crippen LogP contribution in [0.1, 0.15) is 0 Å². The van der Waals surface area contributed by atoms with E-state index in [1.807, 2.05) is 18.2 Å². The first-order chi connectivity index (χ1) is 5.81. The van der Waals surface area contributed by atoms with Gasteiger partial charge in [-0.1, -0.05) is 6.07 Å². The monoisotopic (exact) mass is 214 g/mol. The van der Waals surface area contributed by atoms with Crippen molar-refractivity contribution >= 4 is 46.1 Å². The highest BCUT2D eigenvalue weighted by Crippen LogP contribution is 2.30. The van der Waals surface area contributed by atoms with E-state index in [4.69, 9.17) is 5.14 Å². The Morgan fingerprint density at radius 1 is 1.50 bits per heavy atom. The molecule has 0 amide bonds. The van der Waals surface area contributed by atoms with Gasteiger partial charge in [-0.05, 0) is 24.1 Å². The normalized spacial score (nSPS) is 10.8. The number of para-hydroxylation sites is 1. The maximum atomic E-state index is 5.40. The van der Waals surface area contributed by atoms with Crippen molar-refractivity contribution in [1.29, 1.82) is 0 Å². The minimum atomic E-state index is 0.881. The van der Waals surface area contributed by atoms with Gasteiger partial charge in [0.25, 0.3) is 0 Å². The summed E-state index contributed by atoms with van der Waals surface area (Å²) in [7, 11) is 0. The van der Waals surface area contributed by atoms with Gasteiger partial charge in [-0.2, -0.15) is 0 Å². The number of fused-ring (bicyclic) bond motifs is 1. The van der Waals surface area contributed by atoms with Gasteiger partial charge in [0.1, 0.15) is 0 Å². The molecule has 0 fully saturated rings. The smallest absolute Gasteiger partial charge is 0.165 e. The summed E-state index contributed by atoms with van der Waals surface area (Å²) in [5, 5.41) is 5.40. The highest BCUT2D eigenvalue weighted by atomic mass is 32.2. The molecule has 0 atom stereocenters. The Balaban J connectivity index is 2.74. The van der Waals surface area contributed by atoms with E-state index in [2.05, 4.69) is 17.6 Å². The van der Waals surface area contributed by atoms with Gasteiger partial charge < -0.3 is 0 Å². The Morgan fingerprint density at radius 2 is 2.33 bits per heavy atom. The molecule has 0 spiro atoms. The predicted octanol–water partition coefficient (Wildman–Crippen LogP) is 2.55. The van der Waals surface area contributed by atoms with E-state index in [-0.39, 0.29) is 0 Å². The van der Waals surface area contributed by atoms with Crippen molar-refractivity contribution in [2.45, 2.75) is 9.24 Å². The summed E-state index contributed by atoms with van der Waals surface area (Å²) in [6, 6.07) is 5.91. The first-order valence-electron chi connectivity index (χ1n) is 3.26. The molecule has 5 heteroatoms. The maximum absolute atomic E-state index is 5.40. The van der Waals surface area contributed by atoms with Crippen molar-refractivity contribution in [3.05, 3.63) is 18.2 Å². The van der Waals surface area contributed by atoms with Crippen LogP contribution in [0.2, 0.25) is 0 Å². The van der Waals surface area contributed by atoms with Gasteiger partial charge in [-0.15, -0.1) is 24.0 Å². The zero-order valence-corrected chi connectivity index (χ0v) is 8.55. The van der Waals surface area contributed by atoms with Gasteiger partial charge in [0, 0.05) is 4.90 Å². The topological polar surface area (TPSA) is 38.9 Å². The second-order valence-corrected chi connectivity index (χ2v) is 4.61. The largest absolute Gasteiger partial charge is 0.272 e. The van der Waals surface area contributed by atoms with Crippen LogP contribution in [0.5, 0.6) is 0 Å². The number of aromatic nitrogens is 1. The number of nitrogens with zero attached hydrogens (tertiary/aromatic N) is 1. The molecule has 2 aromatic rings. The van der Waals surface area contributed by atoms with Crippen LogP contribution in [0.3, 0.4) is 0 Å². The summed E-state index contributed by atoms with van der Waals surface area (Å²) < 4.78 is 2.02. The molecular formula is C7H6N2S3. The van der Waals surface area contributed by atoms with Crippen LogP contribution in [0.4, 0.5) is 0 Å². The molecule has 12 heavy (non-hydrogen) atoms. The third-order valence-corrected chi connectivity index (χ3v) is 3.49. The fraction of sp³-hybridized carbons (Fsp3) is 0. The lowest BCUT2D eigenvalue weighted by Gasteiger charge is -1.89. The van der Waals surface area contributed by atoms with Gasteiger partial charge in [-0.3, -0.25) is 5.14 Å². The molecule has 1 aromatic heterocycles. The average molecular weight is 214 g/mol. The van der Waals surface area contributed by atoms with E-state index in [0.717, 1.165) is 19.5 Å². The van der Waals surface area contributed by atoms with Crippen LogP contribution in [-0.4, -0.2) is 4.98 Å². The molecule has 62 valence electrons. The van der Waals surface area contributed by atoms with E-state index < -0.39 is 0 Å². The Kier molecular flexibility index (Phi) is 2.27. The van der Waals surface area contributed by atoms with Crippen molar-refractivity contribution in [3.8, 4) is 0 Å². The third-order valence-electron chi connectivity index (χ3n) is 1.48. The molecule has 2 nitrogen and oxygen atoms in total. The van der Waals surface area contributed by atoms with E-state index in [1.54, 1.807) is 11.3 Å². The van der Waals surface area contributed by atoms with Crippen LogP contribution in [0.15, 0.2) is 27.4 Å². The first-order valence-corrected chi connectivity index (χ1v) is 5.41. The summed E-state index contributed by atoms with van der Waals surface area (Å²) in [5.74, 6) is 0. The number of thiol groups is 1. The van der Waals surface area contributed by atoms with E-state index >= 15 is 0 Å². The molecule has 0 radical (unpaired) electrons. The van der Waals surface area contributed by atoms with Crippen LogP contribution in [-0.2, 0) is 0 Å². The standard InChI is InChI=1S/C7H6N2S3/c8-12-7-9-6-4(10)2-1-3-5(6)11-7/h1-3,10H,8H2. The van der Waals surface area contributed by atoms with E-state index in [1.165, 1.54) is 11.9 Å². The number of hydrogen-bond acceptors (Lipinski definition) is 5. The SMILES string of the molecule is NSc1nc2c(S)cccc2s1. The minimum absolute atomic E-state index is 0.881. The summed E-state index contributed by atoms with van der Waals surface area (Å²) in [6.45, 7) is 0. The van der Waals surface area contributed by atoms with Crippen molar-refractivity contribution in [1.82, 2.24) is 4.98 Å².